The van der Waals surface area contributed by atoms with Gasteiger partial charge in [0.2, 0.25) is 0 Å². The maximum atomic E-state index is 11.8. The van der Waals surface area contributed by atoms with Crippen LogP contribution in [-0.2, 0) is 11.2 Å². The summed E-state index contributed by atoms with van der Waals surface area (Å²) >= 11 is 3.34. The topological polar surface area (TPSA) is 47.0 Å². The van der Waals surface area contributed by atoms with E-state index in [9.17, 15) is 8.78 Å². The largest absolute Gasteiger partial charge is 0.375 e. The highest BCUT2D eigenvalue weighted by molar-refractivity contribution is 9.10. The van der Waals surface area contributed by atoms with Gasteiger partial charge in [-0.3, -0.25) is 0 Å². The van der Waals surface area contributed by atoms with Gasteiger partial charge in [0.05, 0.1) is 11.1 Å². The highest BCUT2D eigenvalue weighted by Crippen LogP contribution is 2.18. The Morgan fingerprint density at radius 3 is 2.94 bits per heavy atom. The molecule has 0 saturated heterocycles. The standard InChI is InChI=1S/C11H16BrF2N3O/c1-2-4-15-11-8(12)6-16-10(17-11)3-5-18-7-9(13)14/h6,9H,2-5,7H2,1H3,(H,15,16,17). The van der Waals surface area contributed by atoms with Crippen LogP contribution in [-0.4, -0.2) is 36.2 Å². The molecule has 18 heavy (non-hydrogen) atoms. The van der Waals surface area contributed by atoms with E-state index >= 15 is 0 Å². The molecular weight excluding hydrogens is 308 g/mol. The molecule has 0 aliphatic rings. The van der Waals surface area contributed by atoms with E-state index in [1.807, 2.05) is 0 Å². The van der Waals surface area contributed by atoms with Crippen molar-refractivity contribution in [2.75, 3.05) is 25.1 Å². The van der Waals surface area contributed by atoms with Crippen LogP contribution in [0.3, 0.4) is 0 Å². The first-order chi connectivity index (χ1) is 8.63. The second-order valence-electron chi connectivity index (χ2n) is 3.63. The van der Waals surface area contributed by atoms with Gasteiger partial charge in [0.15, 0.2) is 0 Å². The third kappa shape index (κ3) is 5.68. The fourth-order valence-corrected chi connectivity index (χ4v) is 1.56. The van der Waals surface area contributed by atoms with Gasteiger partial charge in [-0.2, -0.15) is 0 Å². The van der Waals surface area contributed by atoms with Gasteiger partial charge in [0.1, 0.15) is 18.2 Å². The zero-order valence-electron chi connectivity index (χ0n) is 10.1. The lowest BCUT2D eigenvalue weighted by Gasteiger charge is -2.08. The fourth-order valence-electron chi connectivity index (χ4n) is 1.23. The van der Waals surface area contributed by atoms with E-state index in [-0.39, 0.29) is 6.61 Å². The Morgan fingerprint density at radius 1 is 1.50 bits per heavy atom. The van der Waals surface area contributed by atoms with Gasteiger partial charge in [-0.05, 0) is 22.4 Å². The lowest BCUT2D eigenvalue weighted by atomic mass is 10.4. The molecule has 0 fully saturated rings. The Bertz CT molecular complexity index is 366. The molecule has 0 aliphatic heterocycles. The van der Waals surface area contributed by atoms with Crippen molar-refractivity contribution in [3.8, 4) is 0 Å². The zero-order chi connectivity index (χ0) is 13.4. The van der Waals surface area contributed by atoms with Gasteiger partial charge in [-0.25, -0.2) is 18.7 Å². The normalized spacial score (nSPS) is 10.9. The Hall–Kier alpha value is -0.820. The van der Waals surface area contributed by atoms with E-state index in [1.165, 1.54) is 0 Å². The average molecular weight is 324 g/mol. The number of aromatic nitrogens is 2. The van der Waals surface area contributed by atoms with Crippen molar-refractivity contribution in [2.24, 2.45) is 0 Å². The molecule has 0 spiro atoms. The van der Waals surface area contributed by atoms with Gasteiger partial charge in [0, 0.05) is 19.2 Å². The summed E-state index contributed by atoms with van der Waals surface area (Å²) < 4.78 is 29.3. The molecule has 0 amide bonds. The van der Waals surface area contributed by atoms with E-state index in [2.05, 4.69) is 38.1 Å². The molecule has 0 bridgehead atoms. The second kappa shape index (κ2) is 8.31. The summed E-state index contributed by atoms with van der Waals surface area (Å²) in [4.78, 5) is 8.39. The molecule has 1 aromatic heterocycles. The molecule has 1 rings (SSSR count). The van der Waals surface area contributed by atoms with Crippen molar-refractivity contribution in [3.63, 3.8) is 0 Å². The molecule has 0 radical (unpaired) electrons. The van der Waals surface area contributed by atoms with Crippen molar-refractivity contribution in [2.45, 2.75) is 26.2 Å². The van der Waals surface area contributed by atoms with Crippen LogP contribution in [0, 0.1) is 0 Å². The SMILES string of the molecule is CCCNc1nc(CCOCC(F)F)ncc1Br. The van der Waals surface area contributed by atoms with Gasteiger partial charge < -0.3 is 10.1 Å². The van der Waals surface area contributed by atoms with Crippen molar-refractivity contribution in [1.29, 1.82) is 0 Å². The molecule has 1 N–H and O–H groups in total. The van der Waals surface area contributed by atoms with Crippen LogP contribution in [0.4, 0.5) is 14.6 Å². The van der Waals surface area contributed by atoms with Crippen LogP contribution in [0.15, 0.2) is 10.7 Å². The molecule has 7 heteroatoms. The predicted molar refractivity (Wildman–Crippen MR) is 69.0 cm³/mol. The van der Waals surface area contributed by atoms with Gasteiger partial charge >= 0.3 is 0 Å². The van der Waals surface area contributed by atoms with E-state index < -0.39 is 13.0 Å². The van der Waals surface area contributed by atoms with Crippen LogP contribution in [0.1, 0.15) is 19.2 Å². The van der Waals surface area contributed by atoms with Crippen molar-refractivity contribution in [1.82, 2.24) is 9.97 Å². The number of halogens is 3. The minimum absolute atomic E-state index is 0.194. The first kappa shape index (κ1) is 15.2. The van der Waals surface area contributed by atoms with Gasteiger partial charge in [-0.1, -0.05) is 6.92 Å². The molecular formula is C11H16BrF2N3O. The summed E-state index contributed by atoms with van der Waals surface area (Å²) in [7, 11) is 0. The van der Waals surface area contributed by atoms with Crippen molar-refractivity contribution < 1.29 is 13.5 Å². The summed E-state index contributed by atoms with van der Waals surface area (Å²) in [5.74, 6) is 1.29. The highest BCUT2D eigenvalue weighted by atomic mass is 79.9. The number of rotatable bonds is 8. The summed E-state index contributed by atoms with van der Waals surface area (Å²) in [6, 6.07) is 0. The smallest absolute Gasteiger partial charge is 0.261 e. The first-order valence-electron chi connectivity index (χ1n) is 5.74. The molecule has 102 valence electrons. The Labute approximate surface area is 113 Å². The van der Waals surface area contributed by atoms with E-state index in [1.54, 1.807) is 6.20 Å². The second-order valence-corrected chi connectivity index (χ2v) is 4.48. The molecule has 0 aliphatic carbocycles. The third-order valence-corrected chi connectivity index (χ3v) is 2.63. The van der Waals surface area contributed by atoms with E-state index in [0.717, 1.165) is 23.3 Å². The maximum absolute atomic E-state index is 11.8. The van der Waals surface area contributed by atoms with Gasteiger partial charge in [-0.15, -0.1) is 0 Å². The number of hydrogen-bond donors (Lipinski definition) is 1. The fraction of sp³-hybridized carbons (Fsp3) is 0.636. The predicted octanol–water partition coefficient (Wildman–Crippen LogP) is 2.89. The van der Waals surface area contributed by atoms with Crippen LogP contribution in [0.5, 0.6) is 0 Å². The minimum atomic E-state index is -2.43. The number of anilines is 1. The Morgan fingerprint density at radius 2 is 2.28 bits per heavy atom. The number of nitrogens with zero attached hydrogens (tertiary/aromatic N) is 2. The molecule has 0 atom stereocenters. The Kier molecular flexibility index (Phi) is 7.04. The summed E-state index contributed by atoms with van der Waals surface area (Å²) in [6.45, 7) is 2.52. The highest BCUT2D eigenvalue weighted by Gasteiger charge is 2.06. The van der Waals surface area contributed by atoms with E-state index in [0.29, 0.717) is 12.2 Å². The minimum Gasteiger partial charge on any atom is -0.375 e. The number of ether oxygens (including phenoxy) is 1. The summed E-state index contributed by atoms with van der Waals surface area (Å²) in [5, 5.41) is 3.15. The quantitative estimate of drug-likeness (QED) is 0.747. The molecule has 0 unspecified atom stereocenters. The molecule has 4 nitrogen and oxygen atoms in total. The maximum Gasteiger partial charge on any atom is 0.261 e. The average Bonchev–Trinajstić information content (AvgIpc) is 2.34. The monoisotopic (exact) mass is 323 g/mol. The van der Waals surface area contributed by atoms with Crippen molar-refractivity contribution in [3.05, 3.63) is 16.5 Å². The van der Waals surface area contributed by atoms with Crippen molar-refractivity contribution >= 4 is 21.7 Å². The number of nitrogens with one attached hydrogen (secondary N) is 1. The van der Waals surface area contributed by atoms with E-state index in [4.69, 9.17) is 4.74 Å². The lowest BCUT2D eigenvalue weighted by Crippen LogP contribution is -2.10. The molecule has 0 saturated carbocycles. The molecule has 0 aromatic carbocycles. The third-order valence-electron chi connectivity index (χ3n) is 2.05. The van der Waals surface area contributed by atoms with Crippen LogP contribution < -0.4 is 5.32 Å². The molecule has 1 aromatic rings. The van der Waals surface area contributed by atoms with Crippen LogP contribution in [0.2, 0.25) is 0 Å². The Balaban J connectivity index is 2.45. The lowest BCUT2D eigenvalue weighted by molar-refractivity contribution is 0.0183. The van der Waals surface area contributed by atoms with Gasteiger partial charge in [0.25, 0.3) is 6.43 Å². The molecule has 1 heterocycles. The van der Waals surface area contributed by atoms with Crippen LogP contribution >= 0.6 is 15.9 Å². The summed E-state index contributed by atoms with van der Waals surface area (Å²) in [5.41, 5.74) is 0. The first-order valence-corrected chi connectivity index (χ1v) is 6.54. The number of alkyl halides is 2. The zero-order valence-corrected chi connectivity index (χ0v) is 11.7. The summed E-state index contributed by atoms with van der Waals surface area (Å²) in [6.07, 6.45) is 0.620. The number of hydrogen-bond acceptors (Lipinski definition) is 4. The van der Waals surface area contributed by atoms with Crippen LogP contribution in [0.25, 0.3) is 0 Å².